The zero-order valence-corrected chi connectivity index (χ0v) is 12.6. The third-order valence-electron chi connectivity index (χ3n) is 4.61. The van der Waals surface area contributed by atoms with Gasteiger partial charge in [-0.25, -0.2) is 0 Å². The molecule has 4 heteroatoms. The van der Waals surface area contributed by atoms with Crippen molar-refractivity contribution < 1.29 is 4.92 Å². The van der Waals surface area contributed by atoms with Crippen LogP contribution in [0.2, 0.25) is 0 Å². The van der Waals surface area contributed by atoms with Gasteiger partial charge in [-0.2, -0.15) is 0 Å². The Morgan fingerprint density at radius 2 is 1.68 bits per heavy atom. The first kappa shape index (κ1) is 14.7. The second-order valence-corrected chi connectivity index (χ2v) is 5.95. The predicted octanol–water partition coefficient (Wildman–Crippen LogP) is 3.32. The van der Waals surface area contributed by atoms with Crippen molar-refractivity contribution in [1.29, 1.82) is 0 Å². The minimum atomic E-state index is -0.550. The van der Waals surface area contributed by atoms with Crippen LogP contribution in [0.4, 0.5) is 0 Å². The van der Waals surface area contributed by atoms with Crippen LogP contribution in [0.3, 0.4) is 0 Å². The molecule has 114 valence electrons. The molecule has 22 heavy (non-hydrogen) atoms. The molecule has 0 amide bonds. The van der Waals surface area contributed by atoms with Crippen molar-refractivity contribution in [1.82, 2.24) is 4.90 Å². The fourth-order valence-electron chi connectivity index (χ4n) is 3.43. The summed E-state index contributed by atoms with van der Waals surface area (Å²) in [7, 11) is 0. The average molecular weight is 296 g/mol. The lowest BCUT2D eigenvalue weighted by atomic mass is 9.92. The van der Waals surface area contributed by atoms with Gasteiger partial charge in [0, 0.05) is 18.0 Å². The molecule has 1 heterocycles. The number of hydrogen-bond donors (Lipinski definition) is 0. The first-order valence-corrected chi connectivity index (χ1v) is 7.63. The molecule has 0 aromatic heterocycles. The van der Waals surface area contributed by atoms with E-state index in [1.807, 2.05) is 55.5 Å². The van der Waals surface area contributed by atoms with Gasteiger partial charge < -0.3 is 0 Å². The maximum Gasteiger partial charge on any atom is 0.236 e. The summed E-state index contributed by atoms with van der Waals surface area (Å²) in [6.45, 7) is 3.46. The van der Waals surface area contributed by atoms with Gasteiger partial charge in [0.05, 0.1) is 12.0 Å². The third-order valence-corrected chi connectivity index (χ3v) is 4.61. The van der Waals surface area contributed by atoms with Crippen molar-refractivity contribution in [3.8, 4) is 0 Å². The predicted molar refractivity (Wildman–Crippen MR) is 86.3 cm³/mol. The smallest absolute Gasteiger partial charge is 0.236 e. The Bertz CT molecular complexity index is 630. The lowest BCUT2D eigenvalue weighted by Gasteiger charge is -2.20. The number of hydrogen-bond acceptors (Lipinski definition) is 3. The minimum absolute atomic E-state index is 0.0464. The number of likely N-dealkylation sites (tertiary alicyclic amines) is 1. The summed E-state index contributed by atoms with van der Waals surface area (Å²) in [5.74, 6) is -0.0464. The average Bonchev–Trinajstić information content (AvgIpc) is 2.86. The molecule has 0 bridgehead atoms. The minimum Gasteiger partial charge on any atom is -0.289 e. The lowest BCUT2D eigenvalue weighted by Crippen LogP contribution is -2.36. The van der Waals surface area contributed by atoms with Crippen LogP contribution >= 0.6 is 0 Å². The SMILES string of the molecule is C[C@H]1[C@H]([N+](=O)[O-])[C@@H](c2ccccc2)CN1Cc1ccccc1. The van der Waals surface area contributed by atoms with Crippen LogP contribution in [0.5, 0.6) is 0 Å². The molecular formula is C18H20N2O2. The summed E-state index contributed by atoms with van der Waals surface area (Å²) >= 11 is 0. The van der Waals surface area contributed by atoms with Crippen LogP contribution in [-0.2, 0) is 6.54 Å². The van der Waals surface area contributed by atoms with E-state index in [0.29, 0.717) is 0 Å². The second-order valence-electron chi connectivity index (χ2n) is 5.95. The van der Waals surface area contributed by atoms with E-state index in [9.17, 15) is 10.1 Å². The Kier molecular flexibility index (Phi) is 4.20. The molecule has 3 atom stereocenters. The maximum atomic E-state index is 11.6. The molecule has 4 nitrogen and oxygen atoms in total. The van der Waals surface area contributed by atoms with Crippen molar-refractivity contribution in [3.63, 3.8) is 0 Å². The van der Waals surface area contributed by atoms with Crippen LogP contribution in [0.1, 0.15) is 24.0 Å². The first-order valence-electron chi connectivity index (χ1n) is 7.63. The van der Waals surface area contributed by atoms with Gasteiger partial charge in [0.15, 0.2) is 0 Å². The molecule has 1 fully saturated rings. The highest BCUT2D eigenvalue weighted by molar-refractivity contribution is 5.24. The fourth-order valence-corrected chi connectivity index (χ4v) is 3.43. The van der Waals surface area contributed by atoms with Gasteiger partial charge >= 0.3 is 0 Å². The van der Waals surface area contributed by atoms with Crippen LogP contribution in [0.15, 0.2) is 60.7 Å². The molecule has 1 aliphatic heterocycles. The second kappa shape index (κ2) is 6.28. The monoisotopic (exact) mass is 296 g/mol. The van der Waals surface area contributed by atoms with Gasteiger partial charge in [0.2, 0.25) is 6.04 Å². The molecule has 3 rings (SSSR count). The van der Waals surface area contributed by atoms with E-state index >= 15 is 0 Å². The fraction of sp³-hybridized carbons (Fsp3) is 0.333. The first-order chi connectivity index (χ1) is 10.7. The summed E-state index contributed by atoms with van der Waals surface area (Å²) < 4.78 is 0. The van der Waals surface area contributed by atoms with E-state index in [1.54, 1.807) is 0 Å². The van der Waals surface area contributed by atoms with Gasteiger partial charge in [-0.15, -0.1) is 0 Å². The molecule has 1 saturated heterocycles. The Hall–Kier alpha value is -2.20. The lowest BCUT2D eigenvalue weighted by molar-refractivity contribution is -0.527. The van der Waals surface area contributed by atoms with Crippen molar-refractivity contribution in [2.24, 2.45) is 0 Å². The van der Waals surface area contributed by atoms with Gasteiger partial charge in [0.1, 0.15) is 0 Å². The zero-order chi connectivity index (χ0) is 15.5. The number of benzene rings is 2. The number of rotatable bonds is 4. The van der Waals surface area contributed by atoms with Crippen LogP contribution in [0.25, 0.3) is 0 Å². The van der Waals surface area contributed by atoms with E-state index in [-0.39, 0.29) is 16.9 Å². The Morgan fingerprint density at radius 1 is 1.09 bits per heavy atom. The molecule has 0 unspecified atom stereocenters. The van der Waals surface area contributed by atoms with Gasteiger partial charge in [-0.3, -0.25) is 15.0 Å². The van der Waals surface area contributed by atoms with E-state index in [0.717, 1.165) is 18.7 Å². The Morgan fingerprint density at radius 3 is 2.27 bits per heavy atom. The van der Waals surface area contributed by atoms with Crippen LogP contribution in [0, 0.1) is 10.1 Å². The third kappa shape index (κ3) is 2.88. The summed E-state index contributed by atoms with van der Waals surface area (Å²) in [4.78, 5) is 13.7. The Balaban J connectivity index is 1.84. The number of nitro groups is 1. The van der Waals surface area contributed by atoms with Crippen molar-refractivity contribution in [2.75, 3.05) is 6.54 Å². The molecule has 0 aliphatic carbocycles. The van der Waals surface area contributed by atoms with E-state index < -0.39 is 6.04 Å². The van der Waals surface area contributed by atoms with E-state index in [2.05, 4.69) is 17.0 Å². The molecule has 0 radical (unpaired) electrons. The Labute approximate surface area is 130 Å². The summed E-state index contributed by atoms with van der Waals surface area (Å²) in [5.41, 5.74) is 2.26. The summed E-state index contributed by atoms with van der Waals surface area (Å²) in [5, 5.41) is 11.6. The molecular weight excluding hydrogens is 276 g/mol. The van der Waals surface area contributed by atoms with Crippen molar-refractivity contribution in [2.45, 2.75) is 31.5 Å². The molecule has 2 aromatic carbocycles. The van der Waals surface area contributed by atoms with Gasteiger partial charge in [0.25, 0.3) is 0 Å². The van der Waals surface area contributed by atoms with Crippen LogP contribution in [-0.4, -0.2) is 28.5 Å². The van der Waals surface area contributed by atoms with Crippen molar-refractivity contribution in [3.05, 3.63) is 81.9 Å². The molecule has 0 N–H and O–H groups in total. The highest BCUT2D eigenvalue weighted by Crippen LogP contribution is 2.34. The molecule has 2 aromatic rings. The van der Waals surface area contributed by atoms with E-state index in [4.69, 9.17) is 0 Å². The van der Waals surface area contributed by atoms with Crippen molar-refractivity contribution >= 4 is 0 Å². The highest BCUT2D eigenvalue weighted by atomic mass is 16.6. The molecule has 0 saturated carbocycles. The zero-order valence-electron chi connectivity index (χ0n) is 12.6. The summed E-state index contributed by atoms with van der Waals surface area (Å²) in [6.07, 6.45) is 0. The number of nitrogens with zero attached hydrogens (tertiary/aromatic N) is 2. The van der Waals surface area contributed by atoms with E-state index in [1.165, 1.54) is 5.56 Å². The standard InChI is InChI=1S/C18H20N2O2/c1-14-18(20(21)22)17(16-10-6-3-7-11-16)13-19(14)12-15-8-4-2-5-9-15/h2-11,14,17-18H,12-13H2,1H3/t14-,17+,18-/m0/s1. The van der Waals surface area contributed by atoms with Gasteiger partial charge in [-0.05, 0) is 18.1 Å². The topological polar surface area (TPSA) is 46.4 Å². The summed E-state index contributed by atoms with van der Waals surface area (Å²) in [6, 6.07) is 19.4. The highest BCUT2D eigenvalue weighted by Gasteiger charge is 2.47. The normalized spacial score (nSPS) is 25.2. The quantitative estimate of drug-likeness (QED) is 0.642. The molecule has 0 spiro atoms. The van der Waals surface area contributed by atoms with Gasteiger partial charge in [-0.1, -0.05) is 60.7 Å². The largest absolute Gasteiger partial charge is 0.289 e. The van der Waals surface area contributed by atoms with Crippen LogP contribution < -0.4 is 0 Å². The molecule has 1 aliphatic rings. The maximum absolute atomic E-state index is 11.6.